The minimum atomic E-state index is -0.370. The predicted octanol–water partition coefficient (Wildman–Crippen LogP) is 4.06. The summed E-state index contributed by atoms with van der Waals surface area (Å²) in [6.07, 6.45) is 10.2. The Labute approximate surface area is 124 Å². The second-order valence-corrected chi connectivity index (χ2v) is 5.83. The molecule has 0 amide bonds. The molecule has 1 aromatic rings. The number of unbranched alkanes of at least 4 members (excludes halogenated alkanes) is 6. The second-order valence-electron chi connectivity index (χ2n) is 5.83. The van der Waals surface area contributed by atoms with Gasteiger partial charge in [0.15, 0.2) is 0 Å². The van der Waals surface area contributed by atoms with E-state index < -0.39 is 0 Å². The average Bonchev–Trinajstić information content (AvgIpc) is 2.47. The second kappa shape index (κ2) is 10.9. The van der Waals surface area contributed by atoms with Gasteiger partial charge in [-0.1, -0.05) is 82.2 Å². The van der Waals surface area contributed by atoms with Crippen LogP contribution < -0.4 is 5.73 Å². The molecule has 0 saturated carbocycles. The Kier molecular flexibility index (Phi) is 9.35. The minimum Gasteiger partial charge on any atom is -0.392 e. The van der Waals surface area contributed by atoms with Crippen LogP contribution in [-0.2, 0) is 6.42 Å². The summed E-state index contributed by atoms with van der Waals surface area (Å²) >= 11 is 0. The van der Waals surface area contributed by atoms with Crippen molar-refractivity contribution in [2.24, 2.45) is 5.73 Å². The fourth-order valence-corrected chi connectivity index (χ4v) is 2.55. The van der Waals surface area contributed by atoms with Crippen molar-refractivity contribution >= 4 is 0 Å². The van der Waals surface area contributed by atoms with Crippen LogP contribution in [0.15, 0.2) is 30.3 Å². The van der Waals surface area contributed by atoms with Crippen LogP contribution in [0.25, 0.3) is 0 Å². The van der Waals surface area contributed by atoms with Crippen LogP contribution in [-0.4, -0.2) is 17.3 Å². The van der Waals surface area contributed by atoms with Gasteiger partial charge in [0.25, 0.3) is 0 Å². The zero-order valence-corrected chi connectivity index (χ0v) is 12.9. The van der Waals surface area contributed by atoms with Crippen LogP contribution in [0, 0.1) is 0 Å². The van der Waals surface area contributed by atoms with Gasteiger partial charge in [-0.15, -0.1) is 0 Å². The van der Waals surface area contributed by atoms with Crippen molar-refractivity contribution in [3.8, 4) is 0 Å². The third kappa shape index (κ3) is 7.66. The lowest BCUT2D eigenvalue weighted by atomic mass is 9.98. The van der Waals surface area contributed by atoms with Crippen LogP contribution in [0.2, 0.25) is 0 Å². The Morgan fingerprint density at radius 2 is 1.55 bits per heavy atom. The molecule has 0 aromatic heterocycles. The van der Waals surface area contributed by atoms with E-state index in [2.05, 4.69) is 19.1 Å². The molecular weight excluding hydrogens is 246 g/mol. The largest absolute Gasteiger partial charge is 0.392 e. The highest BCUT2D eigenvalue weighted by Crippen LogP contribution is 2.12. The lowest BCUT2D eigenvalue weighted by molar-refractivity contribution is 0.131. The molecule has 0 radical (unpaired) electrons. The first-order valence-electron chi connectivity index (χ1n) is 8.21. The van der Waals surface area contributed by atoms with Crippen molar-refractivity contribution in [2.45, 2.75) is 76.9 Å². The molecule has 0 heterocycles. The lowest BCUT2D eigenvalue weighted by Crippen LogP contribution is -2.36. The molecule has 2 nitrogen and oxygen atoms in total. The van der Waals surface area contributed by atoms with Crippen molar-refractivity contribution in [3.63, 3.8) is 0 Å². The minimum absolute atomic E-state index is 0.141. The molecule has 0 spiro atoms. The third-order valence-corrected chi connectivity index (χ3v) is 3.91. The van der Waals surface area contributed by atoms with Crippen LogP contribution >= 0.6 is 0 Å². The molecule has 0 fully saturated rings. The first-order chi connectivity index (χ1) is 9.74. The summed E-state index contributed by atoms with van der Waals surface area (Å²) in [5.74, 6) is 0. The Morgan fingerprint density at radius 1 is 0.950 bits per heavy atom. The molecule has 1 aromatic carbocycles. The highest BCUT2D eigenvalue weighted by atomic mass is 16.3. The molecule has 0 saturated heterocycles. The standard InChI is InChI=1S/C18H31NO/c1-2-3-4-5-6-7-11-14-18(20)17(19)15-16-12-9-8-10-13-16/h8-10,12-13,17-18,20H,2-7,11,14-15,19H2,1H3/t17-,18+/m0/s1. The molecule has 0 aliphatic heterocycles. The third-order valence-electron chi connectivity index (χ3n) is 3.91. The van der Waals surface area contributed by atoms with E-state index in [9.17, 15) is 5.11 Å². The maximum absolute atomic E-state index is 10.1. The van der Waals surface area contributed by atoms with Gasteiger partial charge in [-0.25, -0.2) is 0 Å². The monoisotopic (exact) mass is 277 g/mol. The number of nitrogens with two attached hydrogens (primary N) is 1. The van der Waals surface area contributed by atoms with E-state index in [0.29, 0.717) is 0 Å². The molecule has 0 aliphatic carbocycles. The van der Waals surface area contributed by atoms with Gasteiger partial charge in [0, 0.05) is 6.04 Å². The van der Waals surface area contributed by atoms with Crippen molar-refractivity contribution < 1.29 is 5.11 Å². The smallest absolute Gasteiger partial charge is 0.0694 e. The number of aliphatic hydroxyl groups is 1. The number of benzene rings is 1. The Balaban J connectivity index is 2.08. The van der Waals surface area contributed by atoms with Crippen LogP contribution in [0.4, 0.5) is 0 Å². The summed E-state index contributed by atoms with van der Waals surface area (Å²) < 4.78 is 0. The van der Waals surface area contributed by atoms with Gasteiger partial charge in [-0.3, -0.25) is 0 Å². The molecule has 20 heavy (non-hydrogen) atoms. The molecular formula is C18H31NO. The van der Waals surface area contributed by atoms with E-state index in [1.807, 2.05) is 18.2 Å². The fourth-order valence-electron chi connectivity index (χ4n) is 2.55. The van der Waals surface area contributed by atoms with E-state index >= 15 is 0 Å². The molecule has 0 unspecified atom stereocenters. The van der Waals surface area contributed by atoms with Gasteiger partial charge in [-0.2, -0.15) is 0 Å². The zero-order valence-electron chi connectivity index (χ0n) is 12.9. The van der Waals surface area contributed by atoms with Crippen LogP contribution in [0.1, 0.15) is 63.9 Å². The quantitative estimate of drug-likeness (QED) is 0.599. The Bertz CT molecular complexity index is 325. The molecule has 1 rings (SSSR count). The van der Waals surface area contributed by atoms with Crippen molar-refractivity contribution in [1.29, 1.82) is 0 Å². The topological polar surface area (TPSA) is 46.2 Å². The van der Waals surface area contributed by atoms with Gasteiger partial charge in [0.2, 0.25) is 0 Å². The molecule has 2 heteroatoms. The molecule has 3 N–H and O–H groups in total. The van der Waals surface area contributed by atoms with Crippen LogP contribution in [0.3, 0.4) is 0 Å². The Hall–Kier alpha value is -0.860. The fraction of sp³-hybridized carbons (Fsp3) is 0.667. The van der Waals surface area contributed by atoms with E-state index in [1.54, 1.807) is 0 Å². The van der Waals surface area contributed by atoms with Crippen molar-refractivity contribution in [1.82, 2.24) is 0 Å². The number of rotatable bonds is 11. The Morgan fingerprint density at radius 3 is 2.20 bits per heavy atom. The highest BCUT2D eigenvalue weighted by Gasteiger charge is 2.14. The van der Waals surface area contributed by atoms with Crippen LogP contribution in [0.5, 0.6) is 0 Å². The van der Waals surface area contributed by atoms with E-state index in [1.165, 1.54) is 44.1 Å². The number of hydrogen-bond donors (Lipinski definition) is 2. The zero-order chi connectivity index (χ0) is 14.6. The van der Waals surface area contributed by atoms with Gasteiger partial charge in [-0.05, 0) is 18.4 Å². The average molecular weight is 277 g/mol. The summed E-state index contributed by atoms with van der Waals surface area (Å²) in [5, 5.41) is 10.1. The molecule has 0 bridgehead atoms. The summed E-state index contributed by atoms with van der Waals surface area (Å²) in [4.78, 5) is 0. The first-order valence-corrected chi connectivity index (χ1v) is 8.21. The SMILES string of the molecule is CCCCCCCCC[C@@H](O)[C@@H](N)Cc1ccccc1. The maximum Gasteiger partial charge on any atom is 0.0694 e. The summed E-state index contributed by atoms with van der Waals surface area (Å²) in [7, 11) is 0. The highest BCUT2D eigenvalue weighted by molar-refractivity contribution is 5.16. The number of aliphatic hydroxyl groups excluding tert-OH is 1. The summed E-state index contributed by atoms with van der Waals surface area (Å²) in [6.45, 7) is 2.24. The van der Waals surface area contributed by atoms with E-state index in [0.717, 1.165) is 19.3 Å². The first kappa shape index (κ1) is 17.2. The normalized spacial score (nSPS) is 14.2. The van der Waals surface area contributed by atoms with E-state index in [4.69, 9.17) is 5.73 Å². The summed E-state index contributed by atoms with van der Waals surface area (Å²) in [6, 6.07) is 10.0. The van der Waals surface area contributed by atoms with Gasteiger partial charge in [0.1, 0.15) is 0 Å². The molecule has 2 atom stereocenters. The van der Waals surface area contributed by atoms with E-state index in [-0.39, 0.29) is 12.1 Å². The molecule has 0 aliphatic rings. The van der Waals surface area contributed by atoms with Gasteiger partial charge < -0.3 is 10.8 Å². The van der Waals surface area contributed by atoms with Crippen molar-refractivity contribution in [3.05, 3.63) is 35.9 Å². The van der Waals surface area contributed by atoms with Gasteiger partial charge >= 0.3 is 0 Å². The predicted molar refractivity (Wildman–Crippen MR) is 86.7 cm³/mol. The maximum atomic E-state index is 10.1. The number of hydrogen-bond acceptors (Lipinski definition) is 2. The van der Waals surface area contributed by atoms with Crippen molar-refractivity contribution in [2.75, 3.05) is 0 Å². The molecule has 114 valence electrons. The lowest BCUT2D eigenvalue weighted by Gasteiger charge is -2.18. The van der Waals surface area contributed by atoms with Gasteiger partial charge in [0.05, 0.1) is 6.10 Å². The summed E-state index contributed by atoms with van der Waals surface area (Å²) in [5.41, 5.74) is 7.29.